The highest BCUT2D eigenvalue weighted by molar-refractivity contribution is 5.92. The molecule has 1 aromatic carbocycles. The lowest BCUT2D eigenvalue weighted by Gasteiger charge is -2.10. The van der Waals surface area contributed by atoms with Crippen LogP contribution in [0.15, 0.2) is 24.3 Å². The van der Waals surface area contributed by atoms with E-state index in [1.807, 2.05) is 38.1 Å². The van der Waals surface area contributed by atoms with Gasteiger partial charge in [-0.15, -0.1) is 12.4 Å². The minimum Gasteiger partial charge on any atom is -0.491 e. The van der Waals surface area contributed by atoms with Crippen LogP contribution in [0.2, 0.25) is 0 Å². The molecule has 0 saturated carbocycles. The molecule has 17 heavy (non-hydrogen) atoms. The zero-order chi connectivity index (χ0) is 12.0. The van der Waals surface area contributed by atoms with Crippen molar-refractivity contribution in [3.8, 4) is 5.75 Å². The van der Waals surface area contributed by atoms with Crippen LogP contribution in [0.4, 0.5) is 5.69 Å². The average molecular weight is 259 g/mol. The van der Waals surface area contributed by atoms with Crippen LogP contribution in [0.3, 0.4) is 0 Å². The highest BCUT2D eigenvalue weighted by Gasteiger charge is 2.01. The zero-order valence-corrected chi connectivity index (χ0v) is 11.1. The van der Waals surface area contributed by atoms with Crippen LogP contribution >= 0.6 is 12.4 Å². The summed E-state index contributed by atoms with van der Waals surface area (Å²) >= 11 is 0. The van der Waals surface area contributed by atoms with Gasteiger partial charge in [0, 0.05) is 5.69 Å². The Bertz CT molecular complexity index is 339. The highest BCUT2D eigenvalue weighted by Crippen LogP contribution is 2.16. The average Bonchev–Trinajstić information content (AvgIpc) is 2.20. The van der Waals surface area contributed by atoms with Crippen molar-refractivity contribution in [1.29, 1.82) is 0 Å². The van der Waals surface area contributed by atoms with Crippen molar-refractivity contribution in [3.05, 3.63) is 24.3 Å². The first-order chi connectivity index (χ1) is 7.61. The first-order valence-corrected chi connectivity index (χ1v) is 5.33. The van der Waals surface area contributed by atoms with Crippen LogP contribution in [0.1, 0.15) is 13.8 Å². The molecule has 0 bridgehead atoms. The first-order valence-electron chi connectivity index (χ1n) is 5.33. The van der Waals surface area contributed by atoms with Gasteiger partial charge in [0.1, 0.15) is 5.75 Å². The second-order valence-electron chi connectivity index (χ2n) is 3.77. The maximum Gasteiger partial charge on any atom is 0.238 e. The summed E-state index contributed by atoms with van der Waals surface area (Å²) in [5.41, 5.74) is 0.774. The van der Waals surface area contributed by atoms with Crippen LogP contribution in [-0.4, -0.2) is 25.6 Å². The molecule has 0 aliphatic carbocycles. The van der Waals surface area contributed by atoms with Crippen LogP contribution in [0.5, 0.6) is 5.75 Å². The van der Waals surface area contributed by atoms with Crippen molar-refractivity contribution < 1.29 is 9.53 Å². The minimum absolute atomic E-state index is 0. The Hall–Kier alpha value is -1.26. The second-order valence-corrected chi connectivity index (χ2v) is 3.77. The van der Waals surface area contributed by atoms with Gasteiger partial charge in [-0.2, -0.15) is 0 Å². The maximum atomic E-state index is 11.3. The predicted molar refractivity (Wildman–Crippen MR) is 72.0 cm³/mol. The van der Waals surface area contributed by atoms with E-state index >= 15 is 0 Å². The number of hydrogen-bond donors (Lipinski definition) is 2. The molecule has 0 heterocycles. The van der Waals surface area contributed by atoms with E-state index in [9.17, 15) is 4.79 Å². The van der Waals surface area contributed by atoms with Crippen molar-refractivity contribution in [2.45, 2.75) is 20.0 Å². The van der Waals surface area contributed by atoms with Crippen molar-refractivity contribution in [1.82, 2.24) is 5.32 Å². The number of halogens is 1. The Kier molecular flexibility index (Phi) is 7.34. The predicted octanol–water partition coefficient (Wildman–Crippen LogP) is 2.05. The molecule has 0 atom stereocenters. The van der Waals surface area contributed by atoms with Gasteiger partial charge in [-0.1, -0.05) is 0 Å². The highest BCUT2D eigenvalue weighted by atomic mass is 35.5. The normalized spacial score (nSPS) is 9.65. The van der Waals surface area contributed by atoms with E-state index in [0.717, 1.165) is 11.4 Å². The number of likely N-dealkylation sites (N-methyl/N-ethyl adjacent to an activating group) is 1. The third-order valence-electron chi connectivity index (χ3n) is 1.85. The van der Waals surface area contributed by atoms with Crippen LogP contribution < -0.4 is 15.4 Å². The van der Waals surface area contributed by atoms with Crippen LogP contribution in [-0.2, 0) is 4.79 Å². The maximum absolute atomic E-state index is 11.3. The lowest BCUT2D eigenvalue weighted by molar-refractivity contribution is -0.115. The number of carbonyl (C=O) groups is 1. The molecule has 4 nitrogen and oxygen atoms in total. The summed E-state index contributed by atoms with van der Waals surface area (Å²) < 4.78 is 5.50. The Morgan fingerprint density at radius 3 is 2.35 bits per heavy atom. The number of nitrogens with one attached hydrogen (secondary N) is 2. The van der Waals surface area contributed by atoms with Crippen molar-refractivity contribution in [2.24, 2.45) is 0 Å². The fraction of sp³-hybridized carbons (Fsp3) is 0.417. The summed E-state index contributed by atoms with van der Waals surface area (Å²) in [7, 11) is 1.74. The van der Waals surface area contributed by atoms with E-state index in [-0.39, 0.29) is 24.4 Å². The number of ether oxygens (including phenoxy) is 1. The van der Waals surface area contributed by atoms with E-state index in [1.54, 1.807) is 7.05 Å². The van der Waals surface area contributed by atoms with Gasteiger partial charge in [0.15, 0.2) is 0 Å². The largest absolute Gasteiger partial charge is 0.491 e. The molecule has 0 unspecified atom stereocenters. The second kappa shape index (κ2) is 7.92. The smallest absolute Gasteiger partial charge is 0.238 e. The molecule has 0 aromatic heterocycles. The third kappa shape index (κ3) is 6.14. The van der Waals surface area contributed by atoms with Gasteiger partial charge in [0.2, 0.25) is 5.91 Å². The molecule has 0 radical (unpaired) electrons. The number of hydrogen-bond acceptors (Lipinski definition) is 3. The third-order valence-corrected chi connectivity index (χ3v) is 1.85. The van der Waals surface area contributed by atoms with Gasteiger partial charge in [0.25, 0.3) is 0 Å². The van der Waals surface area contributed by atoms with E-state index in [4.69, 9.17) is 4.74 Å². The Balaban J connectivity index is 0.00000256. The number of amides is 1. The van der Waals surface area contributed by atoms with E-state index < -0.39 is 0 Å². The molecule has 1 amide bonds. The molecule has 0 aliphatic heterocycles. The number of rotatable bonds is 5. The van der Waals surface area contributed by atoms with Crippen LogP contribution in [0, 0.1) is 0 Å². The SMILES string of the molecule is CNCC(=O)Nc1ccc(OC(C)C)cc1.Cl. The molecule has 0 spiro atoms. The van der Waals surface area contributed by atoms with Gasteiger partial charge in [-0.3, -0.25) is 4.79 Å². The van der Waals surface area contributed by atoms with Gasteiger partial charge in [-0.25, -0.2) is 0 Å². The molecule has 5 heteroatoms. The zero-order valence-electron chi connectivity index (χ0n) is 10.3. The van der Waals surface area contributed by atoms with Gasteiger partial charge in [-0.05, 0) is 45.2 Å². The standard InChI is InChI=1S/C12H18N2O2.ClH/c1-9(2)16-11-6-4-10(5-7-11)14-12(15)8-13-3;/h4-7,9,13H,8H2,1-3H3,(H,14,15);1H. The number of benzene rings is 1. The molecule has 0 fully saturated rings. The molecular weight excluding hydrogens is 240 g/mol. The molecule has 0 aliphatic rings. The summed E-state index contributed by atoms with van der Waals surface area (Å²) in [6.45, 7) is 4.26. The Labute approximate surface area is 108 Å². The molecule has 96 valence electrons. The lowest BCUT2D eigenvalue weighted by Crippen LogP contribution is -2.24. The molecule has 1 aromatic rings. The van der Waals surface area contributed by atoms with E-state index in [1.165, 1.54) is 0 Å². The van der Waals surface area contributed by atoms with Crippen molar-refractivity contribution in [3.63, 3.8) is 0 Å². The summed E-state index contributed by atoms with van der Waals surface area (Å²) in [4.78, 5) is 11.3. The Morgan fingerprint density at radius 1 is 1.29 bits per heavy atom. The number of anilines is 1. The first kappa shape index (κ1) is 15.7. The van der Waals surface area contributed by atoms with Crippen LogP contribution in [0.25, 0.3) is 0 Å². The van der Waals surface area contributed by atoms with Gasteiger partial charge < -0.3 is 15.4 Å². The van der Waals surface area contributed by atoms with Gasteiger partial charge in [0.05, 0.1) is 12.6 Å². The summed E-state index contributed by atoms with van der Waals surface area (Å²) in [5, 5.41) is 5.55. The van der Waals surface area contributed by atoms with Crippen molar-refractivity contribution >= 4 is 24.0 Å². The van der Waals surface area contributed by atoms with E-state index in [0.29, 0.717) is 6.54 Å². The molecule has 2 N–H and O–H groups in total. The molecular formula is C12H19ClN2O2. The summed E-state index contributed by atoms with van der Waals surface area (Å²) in [6.07, 6.45) is 0.157. The van der Waals surface area contributed by atoms with Gasteiger partial charge >= 0.3 is 0 Å². The summed E-state index contributed by atoms with van der Waals surface area (Å²) in [5.74, 6) is 0.752. The quantitative estimate of drug-likeness (QED) is 0.850. The topological polar surface area (TPSA) is 50.4 Å². The Morgan fingerprint density at radius 2 is 1.88 bits per heavy atom. The molecule has 0 saturated heterocycles. The fourth-order valence-corrected chi connectivity index (χ4v) is 1.25. The molecule has 1 rings (SSSR count). The summed E-state index contributed by atoms with van der Waals surface area (Å²) in [6, 6.07) is 7.33. The van der Waals surface area contributed by atoms with Crippen molar-refractivity contribution in [2.75, 3.05) is 18.9 Å². The monoisotopic (exact) mass is 258 g/mol. The van der Waals surface area contributed by atoms with E-state index in [2.05, 4.69) is 10.6 Å². The minimum atomic E-state index is -0.0555. The fourth-order valence-electron chi connectivity index (χ4n) is 1.25. The number of carbonyl (C=O) groups excluding carboxylic acids is 1. The lowest BCUT2D eigenvalue weighted by atomic mass is 10.3.